The maximum Gasteiger partial charge on any atom is 0.317 e. The Labute approximate surface area is 162 Å². The number of benzene rings is 2. The number of hydrogen-bond donors (Lipinski definition) is 1. The number of rotatable bonds is 4. The number of esters is 1. The number of ether oxygens (including phenoxy) is 5. The van der Waals surface area contributed by atoms with Gasteiger partial charge >= 0.3 is 5.97 Å². The van der Waals surface area contributed by atoms with E-state index in [1.807, 2.05) is 0 Å². The molecule has 0 saturated heterocycles. The fourth-order valence-electron chi connectivity index (χ4n) is 3.86. The molecule has 4 rings (SSSR count). The van der Waals surface area contributed by atoms with Crippen LogP contribution in [-0.2, 0) is 16.0 Å². The number of fused-ring (bicyclic) bond motifs is 3. The SMILES string of the molecule is CCOC(=O)[C@H]1c2cc(OC)c(OC)cc2C[C@H](O)c2cc3c(cc21)OCO3. The molecule has 0 fully saturated rings. The van der Waals surface area contributed by atoms with E-state index < -0.39 is 18.0 Å². The average Bonchev–Trinajstić information content (AvgIpc) is 3.11. The zero-order valence-corrected chi connectivity index (χ0v) is 16.0. The second-order valence-electron chi connectivity index (χ2n) is 6.65. The molecule has 0 amide bonds. The summed E-state index contributed by atoms with van der Waals surface area (Å²) < 4.78 is 27.2. The minimum atomic E-state index is -0.819. The predicted octanol–water partition coefficient (Wildman–Crippen LogP) is 2.72. The van der Waals surface area contributed by atoms with E-state index in [-0.39, 0.29) is 13.4 Å². The molecule has 7 nitrogen and oxygen atoms in total. The standard InChI is InChI=1S/C21H22O7/c1-4-26-21(23)20-12-7-17(25-3)16(24-2)6-11(12)5-15(22)13-8-18-19(9-14(13)20)28-10-27-18/h6-9,15,20,22H,4-5,10H2,1-3H3/t15-,20-/m0/s1. The third-order valence-electron chi connectivity index (χ3n) is 5.14. The van der Waals surface area contributed by atoms with Crippen LogP contribution < -0.4 is 18.9 Å². The van der Waals surface area contributed by atoms with Crippen LogP contribution >= 0.6 is 0 Å². The van der Waals surface area contributed by atoms with Crippen molar-refractivity contribution in [2.45, 2.75) is 25.4 Å². The van der Waals surface area contributed by atoms with Gasteiger partial charge in [0.15, 0.2) is 23.0 Å². The lowest BCUT2D eigenvalue weighted by Crippen LogP contribution is -2.19. The van der Waals surface area contributed by atoms with Crippen LogP contribution in [0.5, 0.6) is 23.0 Å². The summed E-state index contributed by atoms with van der Waals surface area (Å²) in [4.78, 5) is 13.0. The van der Waals surface area contributed by atoms with E-state index in [0.717, 1.165) is 5.56 Å². The molecule has 2 atom stereocenters. The topological polar surface area (TPSA) is 83.5 Å². The molecule has 0 unspecified atom stereocenters. The number of carbonyl (C=O) groups is 1. The van der Waals surface area contributed by atoms with Crippen molar-refractivity contribution in [1.29, 1.82) is 0 Å². The predicted molar refractivity (Wildman–Crippen MR) is 99.3 cm³/mol. The van der Waals surface area contributed by atoms with Crippen molar-refractivity contribution in [3.63, 3.8) is 0 Å². The van der Waals surface area contributed by atoms with Gasteiger partial charge in [0.05, 0.1) is 26.9 Å². The van der Waals surface area contributed by atoms with Crippen molar-refractivity contribution >= 4 is 5.97 Å². The van der Waals surface area contributed by atoms with E-state index in [0.29, 0.717) is 46.1 Å². The first-order valence-electron chi connectivity index (χ1n) is 9.10. The Morgan fingerprint density at radius 2 is 1.68 bits per heavy atom. The molecule has 0 saturated carbocycles. The van der Waals surface area contributed by atoms with Crippen LogP contribution in [0.25, 0.3) is 0 Å². The summed E-state index contributed by atoms with van der Waals surface area (Å²) in [5.74, 6) is 1.03. The van der Waals surface area contributed by atoms with Crippen LogP contribution in [0, 0.1) is 0 Å². The molecular formula is C21H22O7. The highest BCUT2D eigenvalue weighted by molar-refractivity contribution is 5.85. The largest absolute Gasteiger partial charge is 0.493 e. The molecule has 1 N–H and O–H groups in total. The maximum absolute atomic E-state index is 13.0. The molecule has 0 radical (unpaired) electrons. The first kappa shape index (κ1) is 18.4. The third-order valence-corrected chi connectivity index (χ3v) is 5.14. The molecule has 2 aromatic rings. The summed E-state index contributed by atoms with van der Waals surface area (Å²) >= 11 is 0. The average molecular weight is 386 g/mol. The first-order chi connectivity index (χ1) is 13.6. The lowest BCUT2D eigenvalue weighted by molar-refractivity contribution is -0.143. The number of hydrogen-bond acceptors (Lipinski definition) is 7. The maximum atomic E-state index is 13.0. The van der Waals surface area contributed by atoms with E-state index in [1.54, 1.807) is 45.4 Å². The van der Waals surface area contributed by atoms with Crippen molar-refractivity contribution in [3.05, 3.63) is 46.5 Å². The Morgan fingerprint density at radius 1 is 1.04 bits per heavy atom. The molecule has 0 aromatic heterocycles. The number of aliphatic hydroxyl groups is 1. The molecule has 1 aliphatic carbocycles. The molecule has 2 aliphatic rings. The minimum absolute atomic E-state index is 0.111. The fraction of sp³-hybridized carbons (Fsp3) is 0.381. The normalized spacial score (nSPS) is 19.3. The van der Waals surface area contributed by atoms with Crippen LogP contribution in [-0.4, -0.2) is 38.7 Å². The van der Waals surface area contributed by atoms with Crippen molar-refractivity contribution in [2.24, 2.45) is 0 Å². The molecule has 28 heavy (non-hydrogen) atoms. The van der Waals surface area contributed by atoms with Gasteiger partial charge in [-0.15, -0.1) is 0 Å². The van der Waals surface area contributed by atoms with Crippen LogP contribution in [0.3, 0.4) is 0 Å². The van der Waals surface area contributed by atoms with Crippen molar-refractivity contribution in [1.82, 2.24) is 0 Å². The third kappa shape index (κ3) is 2.92. The molecule has 1 heterocycles. The van der Waals surface area contributed by atoms with Crippen LogP contribution in [0.2, 0.25) is 0 Å². The Kier molecular flexibility index (Phi) is 4.77. The lowest BCUT2D eigenvalue weighted by atomic mass is 9.87. The van der Waals surface area contributed by atoms with E-state index in [2.05, 4.69) is 0 Å². The van der Waals surface area contributed by atoms with Gasteiger partial charge in [0.2, 0.25) is 6.79 Å². The monoisotopic (exact) mass is 386 g/mol. The van der Waals surface area contributed by atoms with Crippen LogP contribution in [0.15, 0.2) is 24.3 Å². The van der Waals surface area contributed by atoms with E-state index in [4.69, 9.17) is 23.7 Å². The highest BCUT2D eigenvalue weighted by Gasteiger charge is 2.36. The van der Waals surface area contributed by atoms with Gasteiger partial charge in [-0.25, -0.2) is 0 Å². The second-order valence-corrected chi connectivity index (χ2v) is 6.65. The fourth-order valence-corrected chi connectivity index (χ4v) is 3.86. The summed E-state index contributed by atoms with van der Waals surface area (Å²) in [6, 6.07) is 7.08. The van der Waals surface area contributed by atoms with Crippen LogP contribution in [0.4, 0.5) is 0 Å². The lowest BCUT2D eigenvalue weighted by Gasteiger charge is -2.21. The Balaban J connectivity index is 1.96. The van der Waals surface area contributed by atoms with Crippen molar-refractivity contribution in [2.75, 3.05) is 27.6 Å². The minimum Gasteiger partial charge on any atom is -0.493 e. The Bertz CT molecular complexity index is 921. The Morgan fingerprint density at radius 3 is 2.32 bits per heavy atom. The van der Waals surface area contributed by atoms with Gasteiger partial charge in [0.25, 0.3) is 0 Å². The zero-order valence-electron chi connectivity index (χ0n) is 16.0. The van der Waals surface area contributed by atoms with Gasteiger partial charge in [-0.05, 0) is 53.4 Å². The molecule has 0 spiro atoms. The highest BCUT2D eigenvalue weighted by Crippen LogP contribution is 2.47. The van der Waals surface area contributed by atoms with E-state index in [9.17, 15) is 9.90 Å². The molecule has 1 aliphatic heterocycles. The summed E-state index contributed by atoms with van der Waals surface area (Å²) in [7, 11) is 3.09. The molecule has 7 heteroatoms. The molecular weight excluding hydrogens is 364 g/mol. The number of methoxy groups -OCH3 is 2. The summed E-state index contributed by atoms with van der Waals surface area (Å²) in [6.07, 6.45) is -0.501. The van der Waals surface area contributed by atoms with Crippen molar-refractivity contribution in [3.8, 4) is 23.0 Å². The molecule has 0 bridgehead atoms. The van der Waals surface area contributed by atoms with Gasteiger partial charge < -0.3 is 28.8 Å². The van der Waals surface area contributed by atoms with E-state index >= 15 is 0 Å². The Hall–Kier alpha value is -2.93. The molecule has 2 aromatic carbocycles. The number of aliphatic hydroxyl groups excluding tert-OH is 1. The van der Waals surface area contributed by atoms with Gasteiger partial charge in [-0.2, -0.15) is 0 Å². The second kappa shape index (κ2) is 7.24. The summed E-state index contributed by atoms with van der Waals surface area (Å²) in [5, 5.41) is 10.9. The number of carbonyl (C=O) groups excluding carboxylic acids is 1. The van der Waals surface area contributed by atoms with Crippen LogP contribution in [0.1, 0.15) is 41.2 Å². The smallest absolute Gasteiger partial charge is 0.317 e. The highest BCUT2D eigenvalue weighted by atomic mass is 16.7. The van der Waals surface area contributed by atoms with Gasteiger partial charge in [0, 0.05) is 6.42 Å². The van der Waals surface area contributed by atoms with Gasteiger partial charge in [-0.1, -0.05) is 0 Å². The quantitative estimate of drug-likeness (QED) is 0.809. The summed E-state index contributed by atoms with van der Waals surface area (Å²) in [6.45, 7) is 2.12. The van der Waals surface area contributed by atoms with Gasteiger partial charge in [-0.3, -0.25) is 4.79 Å². The van der Waals surface area contributed by atoms with Gasteiger partial charge in [0.1, 0.15) is 5.92 Å². The van der Waals surface area contributed by atoms with Crippen molar-refractivity contribution < 1.29 is 33.6 Å². The summed E-state index contributed by atoms with van der Waals surface area (Å²) in [5.41, 5.74) is 2.77. The molecule has 148 valence electrons. The van der Waals surface area contributed by atoms with E-state index in [1.165, 1.54) is 0 Å². The first-order valence-corrected chi connectivity index (χ1v) is 9.10. The zero-order chi connectivity index (χ0) is 19.8.